The minimum Gasteiger partial charge on any atom is -0.399 e. The lowest BCUT2D eigenvalue weighted by Gasteiger charge is -2.19. The van der Waals surface area contributed by atoms with Gasteiger partial charge in [-0.05, 0) is 30.5 Å². The molecule has 1 saturated carbocycles. The van der Waals surface area contributed by atoms with Gasteiger partial charge in [-0.25, -0.2) is 0 Å². The van der Waals surface area contributed by atoms with E-state index >= 15 is 0 Å². The Hall–Kier alpha value is -1.49. The van der Waals surface area contributed by atoms with Crippen molar-refractivity contribution in [3.05, 3.63) is 41.5 Å². The van der Waals surface area contributed by atoms with E-state index in [1.807, 2.05) is 36.0 Å². The van der Waals surface area contributed by atoms with Crippen LogP contribution in [0.2, 0.25) is 0 Å². The first-order chi connectivity index (χ1) is 10.3. The maximum Gasteiger partial charge on any atom is 0.231 e. The van der Waals surface area contributed by atoms with Crippen molar-refractivity contribution in [2.45, 2.75) is 49.5 Å². The number of hydrogen-bond acceptors (Lipinski definition) is 5. The van der Waals surface area contributed by atoms with E-state index in [4.69, 9.17) is 10.3 Å². The highest BCUT2D eigenvalue weighted by atomic mass is 32.2. The first-order valence-electron chi connectivity index (χ1n) is 7.57. The third-order valence-electron chi connectivity index (χ3n) is 3.85. The molecule has 0 unspecified atom stereocenters. The summed E-state index contributed by atoms with van der Waals surface area (Å²) in [5, 5.41) is 4.86. The lowest BCUT2D eigenvalue weighted by molar-refractivity contribution is 0.381. The Labute approximate surface area is 129 Å². The number of thioether (sulfide) groups is 1. The van der Waals surface area contributed by atoms with E-state index in [0.29, 0.717) is 12.3 Å². The Morgan fingerprint density at radius 2 is 1.90 bits per heavy atom. The lowest BCUT2D eigenvalue weighted by Crippen LogP contribution is -2.08. The molecule has 0 atom stereocenters. The summed E-state index contributed by atoms with van der Waals surface area (Å²) in [5.74, 6) is 2.35. The second-order valence-electron chi connectivity index (χ2n) is 5.59. The Bertz CT molecular complexity index is 561. The first-order valence-corrected chi connectivity index (χ1v) is 8.62. The van der Waals surface area contributed by atoms with Crippen LogP contribution in [0.5, 0.6) is 0 Å². The van der Waals surface area contributed by atoms with Crippen LogP contribution in [0.3, 0.4) is 0 Å². The van der Waals surface area contributed by atoms with Crippen molar-refractivity contribution in [2.24, 2.45) is 0 Å². The molecule has 2 N–H and O–H groups in total. The van der Waals surface area contributed by atoms with Crippen molar-refractivity contribution >= 4 is 17.4 Å². The molecular weight excluding hydrogens is 282 g/mol. The van der Waals surface area contributed by atoms with E-state index in [1.165, 1.54) is 32.1 Å². The molecular formula is C16H21N3OS. The van der Waals surface area contributed by atoms with Crippen LogP contribution in [-0.4, -0.2) is 15.4 Å². The van der Waals surface area contributed by atoms with Gasteiger partial charge in [0.2, 0.25) is 5.89 Å². The number of anilines is 1. The minimum absolute atomic E-state index is 0.668. The molecule has 0 bridgehead atoms. The van der Waals surface area contributed by atoms with Crippen LogP contribution in [0, 0.1) is 0 Å². The second kappa shape index (κ2) is 6.98. The molecule has 1 heterocycles. The average Bonchev–Trinajstić information content (AvgIpc) is 2.96. The summed E-state index contributed by atoms with van der Waals surface area (Å²) in [4.78, 5) is 4.48. The van der Waals surface area contributed by atoms with Crippen LogP contribution >= 0.6 is 11.8 Å². The zero-order valence-corrected chi connectivity index (χ0v) is 12.9. The lowest BCUT2D eigenvalue weighted by atomic mass is 10.0. The molecule has 3 rings (SSSR count). The fourth-order valence-corrected chi connectivity index (χ4v) is 3.82. The molecule has 112 valence electrons. The van der Waals surface area contributed by atoms with Gasteiger partial charge in [-0.1, -0.05) is 36.6 Å². The van der Waals surface area contributed by atoms with E-state index in [9.17, 15) is 0 Å². The summed E-state index contributed by atoms with van der Waals surface area (Å²) in [6.07, 6.45) is 7.46. The van der Waals surface area contributed by atoms with Gasteiger partial charge in [0.1, 0.15) is 0 Å². The fourth-order valence-electron chi connectivity index (χ4n) is 2.65. The highest BCUT2D eigenvalue weighted by Crippen LogP contribution is 2.29. The summed E-state index contributed by atoms with van der Waals surface area (Å²) in [5.41, 5.74) is 7.59. The van der Waals surface area contributed by atoms with E-state index in [0.717, 1.165) is 28.1 Å². The SMILES string of the molecule is Nc1ccc(Cc2nc(CSC3CCCCC3)no2)cc1. The maximum absolute atomic E-state index is 5.68. The molecule has 0 spiro atoms. The van der Waals surface area contributed by atoms with Crippen LogP contribution in [0.4, 0.5) is 5.69 Å². The standard InChI is InChI=1S/C16H21N3OS/c17-13-8-6-12(7-9-13)10-16-18-15(19-20-16)11-21-14-4-2-1-3-5-14/h6-9,14H,1-5,10-11,17H2. The van der Waals surface area contributed by atoms with Gasteiger partial charge in [-0.3, -0.25) is 0 Å². The molecule has 1 aromatic carbocycles. The Morgan fingerprint density at radius 3 is 2.67 bits per heavy atom. The molecule has 1 aliphatic rings. The molecule has 0 aliphatic heterocycles. The zero-order chi connectivity index (χ0) is 14.5. The number of aromatic nitrogens is 2. The molecule has 5 heteroatoms. The van der Waals surface area contributed by atoms with Gasteiger partial charge in [0.05, 0.1) is 12.2 Å². The Kier molecular flexibility index (Phi) is 4.80. The van der Waals surface area contributed by atoms with Gasteiger partial charge < -0.3 is 10.3 Å². The summed E-state index contributed by atoms with van der Waals surface area (Å²) < 4.78 is 5.33. The van der Waals surface area contributed by atoms with Crippen molar-refractivity contribution in [2.75, 3.05) is 5.73 Å². The predicted octanol–water partition coefficient (Wildman–Crippen LogP) is 3.81. The molecule has 2 aromatic rings. The highest BCUT2D eigenvalue weighted by Gasteiger charge is 2.15. The van der Waals surface area contributed by atoms with Gasteiger partial charge >= 0.3 is 0 Å². The van der Waals surface area contributed by atoms with Gasteiger partial charge in [-0.15, -0.1) is 0 Å². The fraction of sp³-hybridized carbons (Fsp3) is 0.500. The minimum atomic E-state index is 0.668. The van der Waals surface area contributed by atoms with Crippen molar-refractivity contribution in [3.8, 4) is 0 Å². The topological polar surface area (TPSA) is 64.9 Å². The summed E-state index contributed by atoms with van der Waals surface area (Å²) >= 11 is 1.97. The zero-order valence-electron chi connectivity index (χ0n) is 12.1. The maximum atomic E-state index is 5.68. The van der Waals surface area contributed by atoms with Crippen LogP contribution in [-0.2, 0) is 12.2 Å². The Morgan fingerprint density at radius 1 is 1.14 bits per heavy atom. The van der Waals surface area contributed by atoms with Crippen LogP contribution in [0.15, 0.2) is 28.8 Å². The number of nitrogens with two attached hydrogens (primary N) is 1. The number of hydrogen-bond donors (Lipinski definition) is 1. The second-order valence-corrected chi connectivity index (χ2v) is 6.88. The Balaban J connectivity index is 1.52. The summed E-state index contributed by atoms with van der Waals surface area (Å²) in [7, 11) is 0. The molecule has 21 heavy (non-hydrogen) atoms. The molecule has 0 saturated heterocycles. The quantitative estimate of drug-likeness (QED) is 0.851. The van der Waals surface area contributed by atoms with Crippen molar-refractivity contribution in [1.82, 2.24) is 10.1 Å². The van der Waals surface area contributed by atoms with E-state index < -0.39 is 0 Å². The summed E-state index contributed by atoms with van der Waals surface area (Å²) in [6, 6.07) is 7.78. The number of nitrogens with zero attached hydrogens (tertiary/aromatic N) is 2. The third kappa shape index (κ3) is 4.24. The smallest absolute Gasteiger partial charge is 0.231 e. The molecule has 4 nitrogen and oxygen atoms in total. The molecule has 1 fully saturated rings. The number of benzene rings is 1. The third-order valence-corrected chi connectivity index (χ3v) is 5.21. The van der Waals surface area contributed by atoms with Gasteiger partial charge in [0.25, 0.3) is 0 Å². The predicted molar refractivity (Wildman–Crippen MR) is 86.1 cm³/mol. The first kappa shape index (κ1) is 14.4. The van der Waals surface area contributed by atoms with Crippen LogP contribution < -0.4 is 5.73 Å². The summed E-state index contributed by atoms with van der Waals surface area (Å²) in [6.45, 7) is 0. The number of rotatable bonds is 5. The molecule has 1 aromatic heterocycles. The molecule has 0 amide bonds. The van der Waals surface area contributed by atoms with Gasteiger partial charge in [-0.2, -0.15) is 16.7 Å². The average molecular weight is 303 g/mol. The van der Waals surface area contributed by atoms with Gasteiger partial charge in [0, 0.05) is 10.9 Å². The molecule has 1 aliphatic carbocycles. The van der Waals surface area contributed by atoms with E-state index in [-0.39, 0.29) is 0 Å². The largest absolute Gasteiger partial charge is 0.399 e. The highest BCUT2D eigenvalue weighted by molar-refractivity contribution is 7.99. The molecule has 0 radical (unpaired) electrons. The van der Waals surface area contributed by atoms with Crippen molar-refractivity contribution in [1.29, 1.82) is 0 Å². The van der Waals surface area contributed by atoms with Crippen molar-refractivity contribution in [3.63, 3.8) is 0 Å². The van der Waals surface area contributed by atoms with E-state index in [1.54, 1.807) is 0 Å². The van der Waals surface area contributed by atoms with Crippen molar-refractivity contribution < 1.29 is 4.52 Å². The van der Waals surface area contributed by atoms with Crippen LogP contribution in [0.1, 0.15) is 49.4 Å². The normalized spacial score (nSPS) is 16.2. The monoisotopic (exact) mass is 303 g/mol. The van der Waals surface area contributed by atoms with Crippen LogP contribution in [0.25, 0.3) is 0 Å². The van der Waals surface area contributed by atoms with Gasteiger partial charge in [0.15, 0.2) is 5.82 Å². The number of nitrogen functional groups attached to an aromatic ring is 1. The van der Waals surface area contributed by atoms with E-state index in [2.05, 4.69) is 10.1 Å².